The Kier molecular flexibility index (Phi) is 6.85. The number of H-pyrrole nitrogens is 1. The number of aromatic nitrogens is 2. The van der Waals surface area contributed by atoms with Crippen LogP contribution in [0, 0.1) is 0 Å². The standard InChI is InChI=1S/C23H32N4O2/c1-23(2,3)20-15-18(25-22(29)26-20)21(28)24-16-19(17-11-7-6-8-12-17)27-13-9-4-5-10-14-27/h6-8,11-12,15,19H,4-5,9-10,13-14,16H2,1-3H3,(H,24,28)(H,25,26,29). The molecule has 1 unspecified atom stereocenters. The molecule has 0 radical (unpaired) electrons. The van der Waals surface area contributed by atoms with Crippen LogP contribution in [0.25, 0.3) is 0 Å². The van der Waals surface area contributed by atoms with Crippen LogP contribution < -0.4 is 11.0 Å². The molecule has 1 aliphatic rings. The third-order valence-corrected chi connectivity index (χ3v) is 5.51. The lowest BCUT2D eigenvalue weighted by Crippen LogP contribution is -2.39. The van der Waals surface area contributed by atoms with E-state index in [-0.39, 0.29) is 23.1 Å². The Hall–Kier alpha value is -2.47. The van der Waals surface area contributed by atoms with E-state index in [2.05, 4.69) is 32.3 Å². The van der Waals surface area contributed by atoms with E-state index in [1.807, 2.05) is 39.0 Å². The van der Waals surface area contributed by atoms with Crippen LogP contribution in [-0.4, -0.2) is 40.4 Å². The van der Waals surface area contributed by atoms with Crippen molar-refractivity contribution in [3.63, 3.8) is 0 Å². The van der Waals surface area contributed by atoms with Crippen molar-refractivity contribution in [1.82, 2.24) is 20.2 Å². The molecule has 1 aromatic carbocycles. The van der Waals surface area contributed by atoms with Crippen LogP contribution in [0.3, 0.4) is 0 Å². The molecule has 1 atom stereocenters. The number of hydrogen-bond acceptors (Lipinski definition) is 4. The lowest BCUT2D eigenvalue weighted by molar-refractivity contribution is 0.0927. The minimum atomic E-state index is -0.491. The monoisotopic (exact) mass is 396 g/mol. The molecule has 29 heavy (non-hydrogen) atoms. The maximum Gasteiger partial charge on any atom is 0.345 e. The topological polar surface area (TPSA) is 78.1 Å². The van der Waals surface area contributed by atoms with Gasteiger partial charge in [-0.3, -0.25) is 9.69 Å². The first-order chi connectivity index (χ1) is 13.8. The summed E-state index contributed by atoms with van der Waals surface area (Å²) >= 11 is 0. The van der Waals surface area contributed by atoms with Crippen molar-refractivity contribution in [2.24, 2.45) is 0 Å². The van der Waals surface area contributed by atoms with Gasteiger partial charge in [0, 0.05) is 17.7 Å². The largest absolute Gasteiger partial charge is 0.349 e. The van der Waals surface area contributed by atoms with Crippen LogP contribution in [0.2, 0.25) is 0 Å². The third kappa shape index (κ3) is 5.76. The van der Waals surface area contributed by atoms with Crippen LogP contribution in [-0.2, 0) is 5.41 Å². The van der Waals surface area contributed by atoms with Crippen molar-refractivity contribution in [2.75, 3.05) is 19.6 Å². The number of benzene rings is 1. The molecular weight excluding hydrogens is 364 g/mol. The van der Waals surface area contributed by atoms with Gasteiger partial charge in [-0.1, -0.05) is 63.9 Å². The molecule has 6 heteroatoms. The number of amides is 1. The quantitative estimate of drug-likeness (QED) is 0.812. The Morgan fingerprint density at radius 2 is 1.79 bits per heavy atom. The first kappa shape index (κ1) is 21.2. The second-order valence-corrected chi connectivity index (χ2v) is 8.82. The van der Waals surface area contributed by atoms with Gasteiger partial charge < -0.3 is 10.3 Å². The zero-order valence-corrected chi connectivity index (χ0v) is 17.7. The fraction of sp³-hybridized carbons (Fsp3) is 0.522. The van der Waals surface area contributed by atoms with E-state index in [1.54, 1.807) is 6.07 Å². The molecule has 2 heterocycles. The third-order valence-electron chi connectivity index (χ3n) is 5.51. The predicted molar refractivity (Wildman–Crippen MR) is 115 cm³/mol. The van der Waals surface area contributed by atoms with Gasteiger partial charge in [-0.15, -0.1) is 0 Å². The highest BCUT2D eigenvalue weighted by Crippen LogP contribution is 2.24. The summed E-state index contributed by atoms with van der Waals surface area (Å²) in [4.78, 5) is 33.9. The molecule has 1 fully saturated rings. The summed E-state index contributed by atoms with van der Waals surface area (Å²) in [6, 6.07) is 12.1. The van der Waals surface area contributed by atoms with E-state index < -0.39 is 5.69 Å². The van der Waals surface area contributed by atoms with E-state index in [0.717, 1.165) is 13.1 Å². The van der Waals surface area contributed by atoms with E-state index in [9.17, 15) is 9.59 Å². The van der Waals surface area contributed by atoms with E-state index in [4.69, 9.17) is 0 Å². The summed E-state index contributed by atoms with van der Waals surface area (Å²) in [5.74, 6) is -0.308. The highest BCUT2D eigenvalue weighted by atomic mass is 16.2. The van der Waals surface area contributed by atoms with Gasteiger partial charge in [-0.25, -0.2) is 4.79 Å². The number of aromatic amines is 1. The van der Waals surface area contributed by atoms with Crippen molar-refractivity contribution in [1.29, 1.82) is 0 Å². The van der Waals surface area contributed by atoms with Crippen molar-refractivity contribution in [2.45, 2.75) is 57.9 Å². The van der Waals surface area contributed by atoms with Crippen molar-refractivity contribution < 1.29 is 4.79 Å². The molecule has 156 valence electrons. The normalized spacial score (nSPS) is 16.8. The van der Waals surface area contributed by atoms with E-state index >= 15 is 0 Å². The number of nitrogens with zero attached hydrogens (tertiary/aromatic N) is 2. The molecule has 0 spiro atoms. The van der Waals surface area contributed by atoms with Crippen LogP contribution in [0.5, 0.6) is 0 Å². The van der Waals surface area contributed by atoms with Gasteiger partial charge in [0.25, 0.3) is 5.91 Å². The zero-order valence-electron chi connectivity index (χ0n) is 17.7. The molecule has 3 rings (SSSR count). The predicted octanol–water partition coefficient (Wildman–Crippen LogP) is 3.41. The molecular formula is C23H32N4O2. The molecule has 6 nitrogen and oxygen atoms in total. The van der Waals surface area contributed by atoms with E-state index in [1.165, 1.54) is 31.2 Å². The van der Waals surface area contributed by atoms with E-state index in [0.29, 0.717) is 12.2 Å². The number of carbonyl (C=O) groups is 1. The summed E-state index contributed by atoms with van der Waals surface area (Å²) in [6.45, 7) is 8.53. The lowest BCUT2D eigenvalue weighted by Gasteiger charge is -2.31. The summed E-state index contributed by atoms with van der Waals surface area (Å²) < 4.78 is 0. The van der Waals surface area contributed by atoms with Crippen LogP contribution >= 0.6 is 0 Å². The molecule has 0 aliphatic carbocycles. The Morgan fingerprint density at radius 1 is 1.14 bits per heavy atom. The molecule has 0 bridgehead atoms. The summed E-state index contributed by atoms with van der Waals surface area (Å²) in [6.07, 6.45) is 4.89. The van der Waals surface area contributed by atoms with Gasteiger partial charge in [0.05, 0.1) is 6.04 Å². The van der Waals surface area contributed by atoms with Crippen molar-refractivity contribution in [3.05, 3.63) is 63.8 Å². The summed E-state index contributed by atoms with van der Waals surface area (Å²) in [5.41, 5.74) is 1.31. The molecule has 2 N–H and O–H groups in total. The summed E-state index contributed by atoms with van der Waals surface area (Å²) in [7, 11) is 0. The SMILES string of the molecule is CC(C)(C)c1cc(C(=O)NCC(c2ccccc2)N2CCCCCC2)nc(=O)[nH]1. The van der Waals surface area contributed by atoms with Gasteiger partial charge in [-0.05, 0) is 37.6 Å². The van der Waals surface area contributed by atoms with Crippen LogP contribution in [0.1, 0.15) is 74.2 Å². The Labute approximate surface area is 172 Å². The molecule has 1 aromatic heterocycles. The number of nitrogens with one attached hydrogen (secondary N) is 2. The number of carbonyl (C=O) groups excluding carboxylic acids is 1. The minimum Gasteiger partial charge on any atom is -0.349 e. The average Bonchev–Trinajstić information content (AvgIpc) is 2.97. The second kappa shape index (κ2) is 9.35. The maximum atomic E-state index is 12.8. The fourth-order valence-corrected chi connectivity index (χ4v) is 3.80. The van der Waals surface area contributed by atoms with Crippen molar-refractivity contribution in [3.8, 4) is 0 Å². The second-order valence-electron chi connectivity index (χ2n) is 8.82. The first-order valence-electron chi connectivity index (χ1n) is 10.5. The molecule has 1 amide bonds. The van der Waals surface area contributed by atoms with Gasteiger partial charge >= 0.3 is 5.69 Å². The Bertz CT molecular complexity index is 862. The Morgan fingerprint density at radius 3 is 2.41 bits per heavy atom. The highest BCUT2D eigenvalue weighted by Gasteiger charge is 2.23. The molecule has 0 saturated carbocycles. The number of likely N-dealkylation sites (tertiary alicyclic amines) is 1. The maximum absolute atomic E-state index is 12.8. The first-order valence-corrected chi connectivity index (χ1v) is 10.5. The van der Waals surface area contributed by atoms with Gasteiger partial charge in [0.1, 0.15) is 5.69 Å². The van der Waals surface area contributed by atoms with Crippen LogP contribution in [0.15, 0.2) is 41.2 Å². The van der Waals surface area contributed by atoms with Gasteiger partial charge in [0.15, 0.2) is 0 Å². The Balaban J connectivity index is 1.78. The van der Waals surface area contributed by atoms with Gasteiger partial charge in [-0.2, -0.15) is 4.98 Å². The average molecular weight is 397 g/mol. The van der Waals surface area contributed by atoms with Crippen molar-refractivity contribution >= 4 is 5.91 Å². The van der Waals surface area contributed by atoms with Gasteiger partial charge in [0.2, 0.25) is 0 Å². The molecule has 2 aromatic rings. The smallest absolute Gasteiger partial charge is 0.345 e. The highest BCUT2D eigenvalue weighted by molar-refractivity contribution is 5.92. The summed E-state index contributed by atoms with van der Waals surface area (Å²) in [5, 5.41) is 3.03. The van der Waals surface area contributed by atoms with Crippen LogP contribution in [0.4, 0.5) is 0 Å². The zero-order chi connectivity index (χ0) is 20.9. The lowest BCUT2D eigenvalue weighted by atomic mass is 9.91. The molecule has 1 aliphatic heterocycles. The number of rotatable bonds is 5. The number of hydrogen-bond donors (Lipinski definition) is 2. The fourth-order valence-electron chi connectivity index (χ4n) is 3.80. The molecule has 1 saturated heterocycles. The minimum absolute atomic E-state index is 0.113.